The summed E-state index contributed by atoms with van der Waals surface area (Å²) in [5.74, 6) is -1.49. The molecule has 2 atom stereocenters. The first-order valence-electron chi connectivity index (χ1n) is 10.8. The fourth-order valence-corrected chi connectivity index (χ4v) is 3.71. The number of halogens is 1. The van der Waals surface area contributed by atoms with Crippen LogP contribution in [0.5, 0.6) is 5.75 Å². The number of hydrogen-bond donors (Lipinski definition) is 3. The van der Waals surface area contributed by atoms with E-state index in [2.05, 4.69) is 10.6 Å². The number of benzene rings is 2. The first-order chi connectivity index (χ1) is 16.7. The molecule has 9 nitrogen and oxygen atoms in total. The van der Waals surface area contributed by atoms with E-state index in [1.165, 1.54) is 30.0 Å². The largest absolute Gasteiger partial charge is 0.480 e. The van der Waals surface area contributed by atoms with E-state index in [1.54, 1.807) is 37.3 Å². The van der Waals surface area contributed by atoms with Crippen molar-refractivity contribution in [2.45, 2.75) is 31.8 Å². The summed E-state index contributed by atoms with van der Waals surface area (Å²) in [5, 5.41) is 14.7. The zero-order chi connectivity index (χ0) is 25.8. The molecule has 0 saturated heterocycles. The minimum atomic E-state index is -1.21. The van der Waals surface area contributed by atoms with Gasteiger partial charge >= 0.3 is 18.0 Å². The number of ether oxygens (including phenoxy) is 2. The first kappa shape index (κ1) is 28.0. The maximum Gasteiger partial charge on any atom is 0.413 e. The van der Waals surface area contributed by atoms with Gasteiger partial charge in [-0.3, -0.25) is 4.79 Å². The number of thioether (sulfide) groups is 1. The Morgan fingerprint density at radius 1 is 1.03 bits per heavy atom. The van der Waals surface area contributed by atoms with E-state index in [4.69, 9.17) is 21.1 Å². The predicted molar refractivity (Wildman–Crippen MR) is 133 cm³/mol. The van der Waals surface area contributed by atoms with Crippen molar-refractivity contribution in [1.82, 2.24) is 10.6 Å². The van der Waals surface area contributed by atoms with E-state index in [-0.39, 0.29) is 29.4 Å². The van der Waals surface area contributed by atoms with Crippen molar-refractivity contribution >= 4 is 47.3 Å². The van der Waals surface area contributed by atoms with Crippen LogP contribution in [0.2, 0.25) is 5.02 Å². The Labute approximate surface area is 212 Å². The van der Waals surface area contributed by atoms with Crippen LogP contribution in [0.25, 0.3) is 0 Å². The third-order valence-electron chi connectivity index (χ3n) is 4.77. The van der Waals surface area contributed by atoms with E-state index in [9.17, 15) is 24.3 Å². The van der Waals surface area contributed by atoms with Crippen LogP contribution >= 0.6 is 23.4 Å². The van der Waals surface area contributed by atoms with Gasteiger partial charge in [0.05, 0.1) is 17.2 Å². The standard InChI is InChI=1S/C24H27ClN2O7S/c1-3-33-23(31)19(12-13-35-2)27-24(32)34-16-10-8-15(9-11-16)14-20(22(29)30)26-21(28)17-6-4-5-7-18(17)25/h4-11,19-20H,3,12-14H2,1-2H3,(H,26,28)(H,27,32)(H,29,30)/t19?,20-/m0/s1. The lowest BCUT2D eigenvalue weighted by atomic mass is 10.1. The van der Waals surface area contributed by atoms with Crippen LogP contribution in [-0.4, -0.2) is 59.7 Å². The topological polar surface area (TPSA) is 131 Å². The molecule has 0 aliphatic heterocycles. The lowest BCUT2D eigenvalue weighted by Crippen LogP contribution is -2.43. The molecule has 0 spiro atoms. The van der Waals surface area contributed by atoms with Gasteiger partial charge in [0.15, 0.2) is 0 Å². The van der Waals surface area contributed by atoms with Gasteiger partial charge in [-0.05, 0) is 55.2 Å². The molecule has 0 aliphatic carbocycles. The summed E-state index contributed by atoms with van der Waals surface area (Å²) in [5.41, 5.74) is 0.766. The summed E-state index contributed by atoms with van der Waals surface area (Å²) in [6, 6.07) is 10.5. The number of aliphatic carboxylic acids is 1. The molecule has 35 heavy (non-hydrogen) atoms. The van der Waals surface area contributed by atoms with Gasteiger partial charge in [-0.1, -0.05) is 35.9 Å². The molecule has 2 amide bonds. The molecular formula is C24H27ClN2O7S. The first-order valence-corrected chi connectivity index (χ1v) is 12.5. The fourth-order valence-electron chi connectivity index (χ4n) is 3.02. The molecule has 0 aliphatic rings. The molecule has 1 unspecified atom stereocenters. The summed E-state index contributed by atoms with van der Waals surface area (Å²) in [7, 11) is 0. The third kappa shape index (κ3) is 9.14. The van der Waals surface area contributed by atoms with Crippen molar-refractivity contribution in [3.63, 3.8) is 0 Å². The number of carboxylic acid groups (broad SMARTS) is 1. The second-order valence-electron chi connectivity index (χ2n) is 7.31. The van der Waals surface area contributed by atoms with Gasteiger partial charge < -0.3 is 25.2 Å². The van der Waals surface area contributed by atoms with Crippen molar-refractivity contribution in [3.8, 4) is 5.75 Å². The molecular weight excluding hydrogens is 496 g/mol. The van der Waals surface area contributed by atoms with Crippen LogP contribution in [0.15, 0.2) is 48.5 Å². The van der Waals surface area contributed by atoms with Crippen LogP contribution in [-0.2, 0) is 20.7 Å². The molecule has 0 saturated carbocycles. The third-order valence-corrected chi connectivity index (χ3v) is 5.74. The quantitative estimate of drug-likeness (QED) is 0.361. The molecule has 3 N–H and O–H groups in total. The minimum absolute atomic E-state index is 0.00236. The Kier molecular flexibility index (Phi) is 11.4. The maximum absolute atomic E-state index is 12.4. The highest BCUT2D eigenvalue weighted by Gasteiger charge is 2.24. The summed E-state index contributed by atoms with van der Waals surface area (Å²) in [6.45, 7) is 1.88. The van der Waals surface area contributed by atoms with Gasteiger partial charge in [-0.25, -0.2) is 14.4 Å². The lowest BCUT2D eigenvalue weighted by molar-refractivity contribution is -0.145. The molecule has 0 bridgehead atoms. The molecule has 188 valence electrons. The molecule has 11 heteroatoms. The number of esters is 1. The highest BCUT2D eigenvalue weighted by Crippen LogP contribution is 2.17. The average molecular weight is 523 g/mol. The number of amides is 2. The molecule has 0 aromatic heterocycles. The summed E-state index contributed by atoms with van der Waals surface area (Å²) in [6.07, 6.45) is 1.47. The number of carbonyl (C=O) groups excluding carboxylic acids is 3. The fraction of sp³-hybridized carbons (Fsp3) is 0.333. The zero-order valence-electron chi connectivity index (χ0n) is 19.3. The second-order valence-corrected chi connectivity index (χ2v) is 8.70. The number of rotatable bonds is 12. The molecule has 0 heterocycles. The van der Waals surface area contributed by atoms with Crippen LogP contribution < -0.4 is 15.4 Å². The van der Waals surface area contributed by atoms with Crippen molar-refractivity contribution in [2.24, 2.45) is 0 Å². The molecule has 0 radical (unpaired) electrons. The van der Waals surface area contributed by atoms with Crippen LogP contribution in [0, 0.1) is 0 Å². The monoisotopic (exact) mass is 522 g/mol. The minimum Gasteiger partial charge on any atom is -0.480 e. The highest BCUT2D eigenvalue weighted by molar-refractivity contribution is 7.98. The molecule has 2 rings (SSSR count). The van der Waals surface area contributed by atoms with Gasteiger partial charge in [-0.15, -0.1) is 0 Å². The Bertz CT molecular complexity index is 1030. The molecule has 2 aromatic rings. The molecule has 0 fully saturated rings. The van der Waals surface area contributed by atoms with Gasteiger partial charge in [0, 0.05) is 6.42 Å². The van der Waals surface area contributed by atoms with Gasteiger partial charge in [0.1, 0.15) is 17.8 Å². The average Bonchev–Trinajstić information content (AvgIpc) is 2.82. The van der Waals surface area contributed by atoms with E-state index in [0.29, 0.717) is 17.7 Å². The maximum atomic E-state index is 12.4. The van der Waals surface area contributed by atoms with E-state index >= 15 is 0 Å². The Morgan fingerprint density at radius 3 is 2.31 bits per heavy atom. The summed E-state index contributed by atoms with van der Waals surface area (Å²) >= 11 is 7.54. The SMILES string of the molecule is CCOC(=O)C(CCSC)NC(=O)Oc1ccc(C[C@H](NC(=O)c2ccccc2Cl)C(=O)O)cc1. The van der Waals surface area contributed by atoms with Gasteiger partial charge in [0.2, 0.25) is 0 Å². The Balaban J connectivity index is 1.98. The summed E-state index contributed by atoms with van der Waals surface area (Å²) < 4.78 is 10.2. The Hall–Kier alpha value is -3.24. The predicted octanol–water partition coefficient (Wildman–Crippen LogP) is 3.54. The van der Waals surface area contributed by atoms with Crippen LogP contribution in [0.3, 0.4) is 0 Å². The smallest absolute Gasteiger partial charge is 0.413 e. The normalized spacial score (nSPS) is 12.2. The lowest BCUT2D eigenvalue weighted by Gasteiger charge is -2.17. The van der Waals surface area contributed by atoms with Crippen molar-refractivity contribution in [2.75, 3.05) is 18.6 Å². The highest BCUT2D eigenvalue weighted by atomic mass is 35.5. The van der Waals surface area contributed by atoms with Gasteiger partial charge in [-0.2, -0.15) is 11.8 Å². The Morgan fingerprint density at radius 2 is 1.71 bits per heavy atom. The van der Waals surface area contributed by atoms with Crippen molar-refractivity contribution in [3.05, 3.63) is 64.7 Å². The van der Waals surface area contributed by atoms with Gasteiger partial charge in [0.25, 0.3) is 5.91 Å². The number of carbonyl (C=O) groups is 4. The number of nitrogens with one attached hydrogen (secondary N) is 2. The van der Waals surface area contributed by atoms with E-state index < -0.39 is 36.0 Å². The number of hydrogen-bond acceptors (Lipinski definition) is 7. The van der Waals surface area contributed by atoms with Crippen molar-refractivity contribution in [1.29, 1.82) is 0 Å². The van der Waals surface area contributed by atoms with Crippen LogP contribution in [0.1, 0.15) is 29.3 Å². The van der Waals surface area contributed by atoms with Crippen LogP contribution in [0.4, 0.5) is 4.79 Å². The number of carboxylic acids is 1. The second kappa shape index (κ2) is 14.2. The van der Waals surface area contributed by atoms with E-state index in [1.807, 2.05) is 6.26 Å². The molecule has 2 aromatic carbocycles. The van der Waals surface area contributed by atoms with E-state index in [0.717, 1.165) is 0 Å². The van der Waals surface area contributed by atoms with Crippen molar-refractivity contribution < 1.29 is 33.8 Å². The summed E-state index contributed by atoms with van der Waals surface area (Å²) in [4.78, 5) is 48.4. The zero-order valence-corrected chi connectivity index (χ0v) is 20.9.